The van der Waals surface area contributed by atoms with Crippen molar-refractivity contribution < 1.29 is 18.0 Å². The smallest absolute Gasteiger partial charge is 0.243 e. The Labute approximate surface area is 189 Å². The first-order chi connectivity index (χ1) is 15.4. The predicted octanol–water partition coefficient (Wildman–Crippen LogP) is 2.89. The van der Waals surface area contributed by atoms with E-state index in [1.807, 2.05) is 30.3 Å². The minimum Gasteiger partial charge on any atom is -0.342 e. The van der Waals surface area contributed by atoms with E-state index >= 15 is 0 Å². The van der Waals surface area contributed by atoms with Crippen LogP contribution < -0.4 is 5.32 Å². The zero-order valence-corrected chi connectivity index (χ0v) is 18.9. The second-order valence-electron chi connectivity index (χ2n) is 8.46. The zero-order valence-electron chi connectivity index (χ0n) is 18.1. The molecular weight excluding hydrogens is 426 g/mol. The van der Waals surface area contributed by atoms with Crippen LogP contribution in [0.3, 0.4) is 0 Å². The van der Waals surface area contributed by atoms with Gasteiger partial charge in [-0.1, -0.05) is 42.8 Å². The summed E-state index contributed by atoms with van der Waals surface area (Å²) in [5.74, 6) is -0.726. The van der Waals surface area contributed by atoms with Crippen molar-refractivity contribution in [2.45, 2.75) is 37.0 Å². The number of benzene rings is 2. The number of hydrogen-bond acceptors (Lipinski definition) is 4. The summed E-state index contributed by atoms with van der Waals surface area (Å²) in [6, 6.07) is 16.3. The number of likely N-dealkylation sites (tertiary alicyclic amines) is 1. The zero-order chi connectivity index (χ0) is 22.6. The molecule has 7 nitrogen and oxygen atoms in total. The molecule has 32 heavy (non-hydrogen) atoms. The van der Waals surface area contributed by atoms with E-state index in [1.165, 1.54) is 10.4 Å². The van der Waals surface area contributed by atoms with Gasteiger partial charge in [-0.05, 0) is 43.0 Å². The van der Waals surface area contributed by atoms with E-state index in [-0.39, 0.29) is 23.1 Å². The molecule has 4 rings (SSSR count). The second kappa shape index (κ2) is 9.83. The minimum absolute atomic E-state index is 0.0255. The number of carbonyl (C=O) groups is 2. The van der Waals surface area contributed by atoms with Crippen LogP contribution in [0, 0.1) is 5.92 Å². The maximum Gasteiger partial charge on any atom is 0.243 e. The Morgan fingerprint density at radius 3 is 2.50 bits per heavy atom. The molecule has 1 N–H and O–H groups in total. The number of sulfonamides is 1. The molecule has 0 spiro atoms. The number of nitrogens with zero attached hydrogens (tertiary/aromatic N) is 2. The van der Waals surface area contributed by atoms with Gasteiger partial charge in [0, 0.05) is 38.3 Å². The van der Waals surface area contributed by atoms with E-state index < -0.39 is 15.9 Å². The molecule has 0 aliphatic carbocycles. The fourth-order valence-corrected chi connectivity index (χ4v) is 5.87. The van der Waals surface area contributed by atoms with Crippen LogP contribution in [0.2, 0.25) is 0 Å². The Bertz CT molecular complexity index is 1070. The number of rotatable bonds is 7. The Balaban J connectivity index is 1.37. The average molecular weight is 456 g/mol. The van der Waals surface area contributed by atoms with Crippen LogP contribution in [0.5, 0.6) is 0 Å². The molecule has 2 aliphatic heterocycles. The number of nitrogens with one attached hydrogen (secondary N) is 1. The molecule has 8 heteroatoms. The van der Waals surface area contributed by atoms with Gasteiger partial charge in [0.15, 0.2) is 0 Å². The summed E-state index contributed by atoms with van der Waals surface area (Å²) in [5, 5.41) is 2.81. The largest absolute Gasteiger partial charge is 0.342 e. The molecule has 0 radical (unpaired) electrons. The van der Waals surface area contributed by atoms with Crippen molar-refractivity contribution in [2.24, 2.45) is 5.92 Å². The molecule has 0 aromatic heterocycles. The van der Waals surface area contributed by atoms with Crippen LogP contribution in [-0.4, -0.2) is 55.6 Å². The van der Waals surface area contributed by atoms with E-state index in [9.17, 15) is 18.0 Å². The normalized spacial score (nSPS) is 19.8. The van der Waals surface area contributed by atoms with Gasteiger partial charge in [-0.2, -0.15) is 4.31 Å². The van der Waals surface area contributed by atoms with Gasteiger partial charge in [-0.15, -0.1) is 0 Å². The molecule has 2 saturated heterocycles. The van der Waals surface area contributed by atoms with Crippen molar-refractivity contribution in [3.63, 3.8) is 0 Å². The lowest BCUT2D eigenvalue weighted by Gasteiger charge is -2.26. The molecule has 0 saturated carbocycles. The third kappa shape index (κ3) is 5.19. The van der Waals surface area contributed by atoms with Crippen LogP contribution in [0.1, 0.15) is 31.2 Å². The van der Waals surface area contributed by atoms with Crippen LogP contribution in [0.15, 0.2) is 59.5 Å². The third-order valence-corrected chi connectivity index (χ3v) is 8.05. The summed E-state index contributed by atoms with van der Waals surface area (Å²) in [6.07, 6.45) is 3.70. The van der Waals surface area contributed by atoms with Gasteiger partial charge in [-0.3, -0.25) is 9.59 Å². The van der Waals surface area contributed by atoms with Crippen LogP contribution >= 0.6 is 0 Å². The Kier molecular flexibility index (Phi) is 6.91. The lowest BCUT2D eigenvalue weighted by molar-refractivity contribution is -0.128. The van der Waals surface area contributed by atoms with Gasteiger partial charge in [-0.25, -0.2) is 8.42 Å². The fraction of sp³-hybridized carbons (Fsp3) is 0.417. The van der Waals surface area contributed by atoms with Crippen molar-refractivity contribution in [1.29, 1.82) is 0 Å². The van der Waals surface area contributed by atoms with Crippen molar-refractivity contribution >= 4 is 27.5 Å². The number of carbonyl (C=O) groups excluding carboxylic acids is 2. The van der Waals surface area contributed by atoms with E-state index in [0.717, 1.165) is 31.2 Å². The monoisotopic (exact) mass is 455 g/mol. The highest BCUT2D eigenvalue weighted by Crippen LogP contribution is 2.24. The molecule has 1 atom stereocenters. The van der Waals surface area contributed by atoms with Crippen molar-refractivity contribution in [2.75, 3.05) is 31.5 Å². The van der Waals surface area contributed by atoms with E-state index in [0.29, 0.717) is 31.9 Å². The molecule has 2 heterocycles. The molecule has 170 valence electrons. The van der Waals surface area contributed by atoms with E-state index in [4.69, 9.17) is 0 Å². The quantitative estimate of drug-likeness (QED) is 0.696. The van der Waals surface area contributed by atoms with Gasteiger partial charge in [0.1, 0.15) is 0 Å². The fourth-order valence-electron chi connectivity index (χ4n) is 4.31. The predicted molar refractivity (Wildman–Crippen MR) is 123 cm³/mol. The van der Waals surface area contributed by atoms with Crippen LogP contribution in [0.4, 0.5) is 5.69 Å². The second-order valence-corrected chi connectivity index (χ2v) is 10.4. The molecule has 2 aliphatic rings. The van der Waals surface area contributed by atoms with Gasteiger partial charge in [0.25, 0.3) is 0 Å². The van der Waals surface area contributed by atoms with Gasteiger partial charge in [0.2, 0.25) is 21.8 Å². The summed E-state index contributed by atoms with van der Waals surface area (Å²) >= 11 is 0. The number of amides is 2. The lowest BCUT2D eigenvalue weighted by atomic mass is 10.1. The molecule has 2 aromatic carbocycles. The van der Waals surface area contributed by atoms with Crippen LogP contribution in [0.25, 0.3) is 0 Å². The molecule has 0 unspecified atom stereocenters. The Morgan fingerprint density at radius 2 is 1.75 bits per heavy atom. The molecule has 2 aromatic rings. The highest BCUT2D eigenvalue weighted by molar-refractivity contribution is 7.89. The average Bonchev–Trinajstić information content (AvgIpc) is 3.20. The maximum atomic E-state index is 12.9. The third-order valence-electron chi connectivity index (χ3n) is 6.15. The first-order valence-corrected chi connectivity index (χ1v) is 12.6. The summed E-state index contributed by atoms with van der Waals surface area (Å²) in [4.78, 5) is 27.1. The van der Waals surface area contributed by atoms with Crippen molar-refractivity contribution in [3.05, 3.63) is 60.2 Å². The lowest BCUT2D eigenvalue weighted by Crippen LogP contribution is -2.35. The topological polar surface area (TPSA) is 86.8 Å². The van der Waals surface area contributed by atoms with E-state index in [1.54, 1.807) is 23.1 Å². The highest BCUT2D eigenvalue weighted by Gasteiger charge is 2.34. The van der Waals surface area contributed by atoms with E-state index in [2.05, 4.69) is 5.32 Å². The Hall–Kier alpha value is -2.71. The van der Waals surface area contributed by atoms with Gasteiger partial charge in [0.05, 0.1) is 10.8 Å². The summed E-state index contributed by atoms with van der Waals surface area (Å²) in [7, 11) is -3.57. The van der Waals surface area contributed by atoms with Gasteiger partial charge >= 0.3 is 0 Å². The summed E-state index contributed by atoms with van der Waals surface area (Å²) in [5.41, 5.74) is 1.59. The first-order valence-electron chi connectivity index (χ1n) is 11.2. The standard InChI is InChI=1S/C24H29N3O4S/c28-23-16-20(18-26(23)15-12-19-8-3-1-4-9-19)24(29)25-21-10-7-11-22(17-21)32(30,31)27-13-5-2-6-14-27/h1,3-4,7-11,17,20H,2,5-6,12-16,18H2,(H,25,29)/t20-/m1/s1. The summed E-state index contributed by atoms with van der Waals surface area (Å²) < 4.78 is 27.3. The number of piperidine rings is 1. The Morgan fingerprint density at radius 1 is 1.00 bits per heavy atom. The SMILES string of the molecule is O=C(Nc1cccc(S(=O)(=O)N2CCCCC2)c1)[C@@H]1CC(=O)N(CCc2ccccc2)C1. The molecule has 2 amide bonds. The highest BCUT2D eigenvalue weighted by atomic mass is 32.2. The first kappa shape index (κ1) is 22.5. The minimum atomic E-state index is -3.57. The van der Waals surface area contributed by atoms with Gasteiger partial charge < -0.3 is 10.2 Å². The molecular formula is C24H29N3O4S. The summed E-state index contributed by atoms with van der Waals surface area (Å²) in [6.45, 7) is 2.02. The van der Waals surface area contributed by atoms with Crippen molar-refractivity contribution in [3.8, 4) is 0 Å². The van der Waals surface area contributed by atoms with Crippen molar-refractivity contribution in [1.82, 2.24) is 9.21 Å². The number of hydrogen-bond donors (Lipinski definition) is 1. The number of anilines is 1. The van der Waals surface area contributed by atoms with Crippen LogP contribution in [-0.2, 0) is 26.0 Å². The maximum absolute atomic E-state index is 12.9. The molecule has 2 fully saturated rings. The molecule has 0 bridgehead atoms.